The molecule has 3 aliphatic heterocycles. The van der Waals surface area contributed by atoms with Crippen molar-refractivity contribution in [1.29, 1.82) is 0 Å². The van der Waals surface area contributed by atoms with E-state index in [1.807, 2.05) is 67.3 Å². The number of fused-ring (bicyclic) bond motifs is 2. The molecule has 9 nitrogen and oxygen atoms in total. The first kappa shape index (κ1) is 30.0. The molecule has 3 fully saturated rings. The molecule has 0 bridgehead atoms. The fraction of sp³-hybridized carbons (Fsp3) is 0.448. The first-order chi connectivity index (χ1) is 19.3. The number of benzene rings is 2. The average Bonchev–Trinajstić information content (AvgIpc) is 3.41. The van der Waals surface area contributed by atoms with E-state index >= 15 is 0 Å². The molecule has 4 atom stereocenters. The van der Waals surface area contributed by atoms with E-state index in [0.717, 1.165) is 23.3 Å². The number of likely N-dealkylation sites (tertiary alicyclic amines) is 2. The third kappa shape index (κ3) is 5.65. The SMILES string of the molecule is CCN1C(=O)[C@H]2[C@@H](c3ccc(OC)cc3)N[C@]3(CCCN(Cc4ccc(C)cc4)C3=O)[C@H]2C1=O.O=C(O)C(F)(F)F. The monoisotopic (exact) mass is 575 g/mol. The molecule has 5 rings (SSSR count). The zero-order valence-electron chi connectivity index (χ0n) is 22.9. The number of aliphatic carboxylic acids is 1. The predicted octanol–water partition coefficient (Wildman–Crippen LogP) is 3.46. The van der Waals surface area contributed by atoms with Crippen LogP contribution in [0.3, 0.4) is 0 Å². The Bertz CT molecular complexity index is 1310. The van der Waals surface area contributed by atoms with E-state index < -0.39 is 35.6 Å². The van der Waals surface area contributed by atoms with E-state index in [4.69, 9.17) is 14.6 Å². The lowest BCUT2D eigenvalue weighted by molar-refractivity contribution is -0.192. The van der Waals surface area contributed by atoms with E-state index in [0.29, 0.717) is 26.1 Å². The highest BCUT2D eigenvalue weighted by Crippen LogP contribution is 2.52. The molecule has 0 unspecified atom stereocenters. The van der Waals surface area contributed by atoms with Crippen molar-refractivity contribution in [3.63, 3.8) is 0 Å². The minimum absolute atomic E-state index is 0.0792. The van der Waals surface area contributed by atoms with Gasteiger partial charge in [-0.3, -0.25) is 24.6 Å². The van der Waals surface area contributed by atoms with Crippen LogP contribution in [0.4, 0.5) is 13.2 Å². The standard InChI is InChI=1S/C27H31N3O4.C2HF3O2/c1-4-30-24(31)21-22(25(30)32)27(28-23(21)19-10-12-20(34-3)13-11-19)14-5-15-29(26(27)33)16-18-8-6-17(2)7-9-18;3-2(4,5)1(6)7/h6-13,21-23,28H,4-5,14-16H2,1-3H3;(H,6,7)/t21-,22-,23-,27-;/m1./s1. The maximum atomic E-state index is 14.0. The van der Waals surface area contributed by atoms with Gasteiger partial charge in [-0.2, -0.15) is 13.2 Å². The predicted molar refractivity (Wildman–Crippen MR) is 140 cm³/mol. The molecule has 2 aromatic carbocycles. The number of halogens is 3. The summed E-state index contributed by atoms with van der Waals surface area (Å²) < 4.78 is 37.0. The van der Waals surface area contributed by atoms with Crippen LogP contribution in [0.1, 0.15) is 42.5 Å². The number of carboxylic acid groups (broad SMARTS) is 1. The zero-order chi connectivity index (χ0) is 30.1. The Hall–Kier alpha value is -3.93. The summed E-state index contributed by atoms with van der Waals surface area (Å²) >= 11 is 0. The van der Waals surface area contributed by atoms with Gasteiger partial charge in [-0.05, 0) is 49.9 Å². The van der Waals surface area contributed by atoms with Gasteiger partial charge in [0.2, 0.25) is 17.7 Å². The number of rotatable bonds is 5. The molecule has 0 radical (unpaired) electrons. The number of aryl methyl sites for hydroxylation is 1. The van der Waals surface area contributed by atoms with Crippen molar-refractivity contribution in [1.82, 2.24) is 15.1 Å². The molecule has 220 valence electrons. The number of carbonyl (C=O) groups excluding carboxylic acids is 3. The fourth-order valence-electron chi connectivity index (χ4n) is 6.00. The van der Waals surface area contributed by atoms with Crippen molar-refractivity contribution < 1.29 is 42.2 Å². The summed E-state index contributed by atoms with van der Waals surface area (Å²) in [6, 6.07) is 15.3. The van der Waals surface area contributed by atoms with E-state index in [2.05, 4.69) is 5.32 Å². The number of alkyl halides is 3. The lowest BCUT2D eigenvalue weighted by Gasteiger charge is -2.42. The number of hydrogen-bond donors (Lipinski definition) is 2. The Morgan fingerprint density at radius 2 is 1.68 bits per heavy atom. The summed E-state index contributed by atoms with van der Waals surface area (Å²) in [7, 11) is 1.61. The summed E-state index contributed by atoms with van der Waals surface area (Å²) in [4.78, 5) is 53.0. The van der Waals surface area contributed by atoms with Crippen LogP contribution in [0.15, 0.2) is 48.5 Å². The fourth-order valence-corrected chi connectivity index (χ4v) is 6.00. The molecular formula is C29H32F3N3O6. The van der Waals surface area contributed by atoms with Crippen LogP contribution in [-0.2, 0) is 25.7 Å². The van der Waals surface area contributed by atoms with Crippen molar-refractivity contribution in [3.05, 3.63) is 65.2 Å². The molecule has 2 N–H and O–H groups in total. The van der Waals surface area contributed by atoms with Crippen molar-refractivity contribution in [2.45, 2.75) is 51.0 Å². The number of nitrogens with zero attached hydrogens (tertiary/aromatic N) is 2. The van der Waals surface area contributed by atoms with Gasteiger partial charge in [0, 0.05) is 25.7 Å². The van der Waals surface area contributed by atoms with Gasteiger partial charge >= 0.3 is 12.1 Å². The van der Waals surface area contributed by atoms with Crippen LogP contribution in [-0.4, -0.2) is 70.5 Å². The van der Waals surface area contributed by atoms with Gasteiger partial charge in [-0.15, -0.1) is 0 Å². The lowest BCUT2D eigenvalue weighted by Crippen LogP contribution is -2.63. The quantitative estimate of drug-likeness (QED) is 0.525. The minimum atomic E-state index is -5.08. The van der Waals surface area contributed by atoms with Gasteiger partial charge in [0.1, 0.15) is 11.3 Å². The van der Waals surface area contributed by atoms with Crippen molar-refractivity contribution in [3.8, 4) is 5.75 Å². The summed E-state index contributed by atoms with van der Waals surface area (Å²) in [5.74, 6) is -3.82. The molecule has 3 heterocycles. The zero-order valence-corrected chi connectivity index (χ0v) is 22.9. The normalized spacial score (nSPS) is 25.7. The molecular weight excluding hydrogens is 543 g/mol. The number of carboxylic acids is 1. The number of nitrogens with one attached hydrogen (secondary N) is 1. The van der Waals surface area contributed by atoms with E-state index in [9.17, 15) is 27.6 Å². The van der Waals surface area contributed by atoms with Gasteiger partial charge in [-0.25, -0.2) is 4.79 Å². The number of ether oxygens (including phenoxy) is 1. The van der Waals surface area contributed by atoms with Gasteiger partial charge in [-0.1, -0.05) is 42.0 Å². The van der Waals surface area contributed by atoms with E-state index in [1.54, 1.807) is 7.11 Å². The van der Waals surface area contributed by atoms with Gasteiger partial charge < -0.3 is 14.7 Å². The number of amides is 3. The second kappa shape index (κ2) is 11.5. The highest BCUT2D eigenvalue weighted by Gasteiger charge is 2.68. The van der Waals surface area contributed by atoms with Crippen LogP contribution < -0.4 is 10.1 Å². The maximum absolute atomic E-state index is 14.0. The second-order valence-electron chi connectivity index (χ2n) is 10.4. The van der Waals surface area contributed by atoms with Gasteiger partial charge in [0.15, 0.2) is 0 Å². The van der Waals surface area contributed by atoms with Gasteiger partial charge in [0.25, 0.3) is 0 Å². The Balaban J connectivity index is 0.000000493. The van der Waals surface area contributed by atoms with Crippen LogP contribution in [0.2, 0.25) is 0 Å². The summed E-state index contributed by atoms with van der Waals surface area (Å²) in [5, 5.41) is 10.7. The first-order valence-corrected chi connectivity index (χ1v) is 13.3. The molecule has 3 amide bonds. The number of hydrogen-bond acceptors (Lipinski definition) is 6. The summed E-state index contributed by atoms with van der Waals surface area (Å²) in [5.41, 5.74) is 2.04. The molecule has 3 saturated heterocycles. The number of piperidine rings is 1. The molecule has 2 aromatic rings. The number of carbonyl (C=O) groups is 4. The molecule has 0 aromatic heterocycles. The van der Waals surface area contributed by atoms with Crippen LogP contribution in [0.25, 0.3) is 0 Å². The molecule has 0 aliphatic carbocycles. The third-order valence-electron chi connectivity index (χ3n) is 7.94. The lowest BCUT2D eigenvalue weighted by atomic mass is 9.74. The number of methoxy groups -OCH3 is 1. The Morgan fingerprint density at radius 1 is 1.07 bits per heavy atom. The van der Waals surface area contributed by atoms with Crippen molar-refractivity contribution in [2.24, 2.45) is 11.8 Å². The Kier molecular flexibility index (Phi) is 8.44. The molecule has 1 spiro atoms. The Morgan fingerprint density at radius 3 is 2.22 bits per heavy atom. The highest BCUT2D eigenvalue weighted by atomic mass is 19.4. The topological polar surface area (TPSA) is 116 Å². The Labute approximate surface area is 235 Å². The summed E-state index contributed by atoms with van der Waals surface area (Å²) in [6.07, 6.45) is -3.77. The minimum Gasteiger partial charge on any atom is -0.497 e. The van der Waals surface area contributed by atoms with Crippen molar-refractivity contribution >= 4 is 23.7 Å². The van der Waals surface area contributed by atoms with E-state index in [-0.39, 0.29) is 17.7 Å². The second-order valence-corrected chi connectivity index (χ2v) is 10.4. The average molecular weight is 576 g/mol. The first-order valence-electron chi connectivity index (χ1n) is 13.3. The van der Waals surface area contributed by atoms with E-state index in [1.165, 1.54) is 10.5 Å². The molecule has 41 heavy (non-hydrogen) atoms. The highest BCUT2D eigenvalue weighted by molar-refractivity contribution is 6.10. The van der Waals surface area contributed by atoms with Crippen LogP contribution >= 0.6 is 0 Å². The maximum Gasteiger partial charge on any atom is 0.490 e. The largest absolute Gasteiger partial charge is 0.497 e. The van der Waals surface area contributed by atoms with Crippen LogP contribution in [0.5, 0.6) is 5.75 Å². The van der Waals surface area contributed by atoms with Crippen molar-refractivity contribution in [2.75, 3.05) is 20.2 Å². The molecule has 0 saturated carbocycles. The molecule has 12 heteroatoms. The number of imide groups is 1. The van der Waals surface area contributed by atoms with Gasteiger partial charge in [0.05, 0.1) is 18.9 Å². The summed E-state index contributed by atoms with van der Waals surface area (Å²) in [6.45, 7) is 5.30. The van der Waals surface area contributed by atoms with Crippen LogP contribution in [0, 0.1) is 18.8 Å². The third-order valence-corrected chi connectivity index (χ3v) is 7.94. The smallest absolute Gasteiger partial charge is 0.490 e. The molecule has 3 aliphatic rings.